The zero-order valence-electron chi connectivity index (χ0n) is 11.7. The predicted molar refractivity (Wildman–Crippen MR) is 81.5 cm³/mol. The van der Waals surface area contributed by atoms with Crippen molar-refractivity contribution in [2.24, 2.45) is 0 Å². The minimum atomic E-state index is 0.0414. The Bertz CT molecular complexity index is 598. The number of hydrogen-bond acceptors (Lipinski definition) is 3. The quantitative estimate of drug-likeness (QED) is 0.911. The maximum atomic E-state index is 11.8. The smallest absolute Gasteiger partial charge is 0.317 e. The zero-order chi connectivity index (χ0) is 14.8. The summed E-state index contributed by atoms with van der Waals surface area (Å²) < 4.78 is 0. The zero-order valence-corrected chi connectivity index (χ0v) is 12.4. The molecule has 0 aliphatic carbocycles. The van der Waals surface area contributed by atoms with Gasteiger partial charge in [0.1, 0.15) is 6.07 Å². The van der Waals surface area contributed by atoms with E-state index in [0.29, 0.717) is 10.6 Å². The highest BCUT2D eigenvalue weighted by molar-refractivity contribution is 6.32. The first-order valence-electron chi connectivity index (χ1n) is 7.18. The normalized spacial score (nSPS) is 22.1. The number of urea groups is 1. The van der Waals surface area contributed by atoms with Crippen LogP contribution in [0.5, 0.6) is 0 Å². The van der Waals surface area contributed by atoms with E-state index in [-0.39, 0.29) is 12.1 Å². The second-order valence-corrected chi connectivity index (χ2v) is 5.85. The molecule has 3 rings (SSSR count). The average molecular weight is 305 g/mol. The fourth-order valence-electron chi connectivity index (χ4n) is 3.07. The number of amides is 2. The van der Waals surface area contributed by atoms with E-state index in [1.807, 2.05) is 17.0 Å². The number of anilines is 1. The van der Waals surface area contributed by atoms with Crippen LogP contribution in [0, 0.1) is 11.3 Å². The first-order valence-corrected chi connectivity index (χ1v) is 7.56. The van der Waals surface area contributed by atoms with Crippen molar-refractivity contribution in [2.45, 2.75) is 18.9 Å². The Morgan fingerprint density at radius 3 is 2.90 bits per heavy atom. The first kappa shape index (κ1) is 14.0. The Morgan fingerprint density at radius 1 is 1.38 bits per heavy atom. The first-order chi connectivity index (χ1) is 10.2. The molecule has 1 atom stereocenters. The van der Waals surface area contributed by atoms with Crippen molar-refractivity contribution in [2.75, 3.05) is 31.1 Å². The molecule has 110 valence electrons. The van der Waals surface area contributed by atoms with E-state index in [2.05, 4.69) is 16.3 Å². The Hall–Kier alpha value is -1.93. The van der Waals surface area contributed by atoms with E-state index in [1.54, 1.807) is 6.07 Å². The lowest BCUT2D eigenvalue weighted by atomic mass is 10.0. The second kappa shape index (κ2) is 5.82. The van der Waals surface area contributed by atoms with Gasteiger partial charge in [-0.25, -0.2) is 4.79 Å². The van der Waals surface area contributed by atoms with E-state index in [9.17, 15) is 4.79 Å². The third-order valence-electron chi connectivity index (χ3n) is 4.17. The lowest BCUT2D eigenvalue weighted by Gasteiger charge is -2.38. The van der Waals surface area contributed by atoms with Gasteiger partial charge in [0.15, 0.2) is 0 Å². The van der Waals surface area contributed by atoms with Gasteiger partial charge in [0, 0.05) is 31.9 Å². The molecule has 2 aliphatic rings. The summed E-state index contributed by atoms with van der Waals surface area (Å²) in [7, 11) is 0. The molecule has 0 saturated carbocycles. The summed E-state index contributed by atoms with van der Waals surface area (Å²) in [4.78, 5) is 16.0. The van der Waals surface area contributed by atoms with E-state index in [0.717, 1.165) is 44.7 Å². The fourth-order valence-corrected chi connectivity index (χ4v) is 3.29. The van der Waals surface area contributed by atoms with Crippen LogP contribution in [0.25, 0.3) is 0 Å². The molecule has 0 bridgehead atoms. The molecule has 2 aliphatic heterocycles. The molecule has 2 fully saturated rings. The van der Waals surface area contributed by atoms with Gasteiger partial charge >= 0.3 is 6.03 Å². The molecular formula is C15H17ClN4O. The molecule has 6 heteroatoms. The van der Waals surface area contributed by atoms with Gasteiger partial charge in [0.2, 0.25) is 0 Å². The Balaban J connectivity index is 1.75. The van der Waals surface area contributed by atoms with Gasteiger partial charge in [0.05, 0.1) is 16.6 Å². The molecule has 0 unspecified atom stereocenters. The molecule has 1 aromatic rings. The van der Waals surface area contributed by atoms with Crippen LogP contribution < -0.4 is 10.2 Å². The van der Waals surface area contributed by atoms with Crippen molar-refractivity contribution in [3.05, 3.63) is 28.8 Å². The minimum absolute atomic E-state index is 0.0414. The highest BCUT2D eigenvalue weighted by atomic mass is 35.5. The fraction of sp³-hybridized carbons (Fsp3) is 0.467. The number of piperidine rings is 1. The molecule has 1 aromatic carbocycles. The molecule has 2 heterocycles. The number of carbonyl (C=O) groups is 1. The maximum Gasteiger partial charge on any atom is 0.317 e. The van der Waals surface area contributed by atoms with Crippen molar-refractivity contribution in [3.63, 3.8) is 0 Å². The molecule has 1 N–H and O–H groups in total. The third-order valence-corrected chi connectivity index (χ3v) is 4.48. The molecular weight excluding hydrogens is 288 g/mol. The second-order valence-electron chi connectivity index (χ2n) is 5.44. The molecule has 0 aromatic heterocycles. The summed E-state index contributed by atoms with van der Waals surface area (Å²) >= 11 is 6.11. The van der Waals surface area contributed by atoms with E-state index < -0.39 is 0 Å². The van der Waals surface area contributed by atoms with Gasteiger partial charge in [-0.05, 0) is 31.0 Å². The van der Waals surface area contributed by atoms with Crippen LogP contribution >= 0.6 is 11.6 Å². The Morgan fingerprint density at radius 2 is 2.24 bits per heavy atom. The molecule has 2 amide bonds. The van der Waals surface area contributed by atoms with Gasteiger partial charge in [0.25, 0.3) is 0 Å². The van der Waals surface area contributed by atoms with Gasteiger partial charge in [-0.2, -0.15) is 5.26 Å². The summed E-state index contributed by atoms with van der Waals surface area (Å²) in [6.07, 6.45) is 2.08. The largest absolute Gasteiger partial charge is 0.369 e. The number of rotatable bonds is 2. The molecule has 0 spiro atoms. The van der Waals surface area contributed by atoms with Crippen LogP contribution in [0.4, 0.5) is 10.5 Å². The standard InChI is InChI=1S/C15H17ClN4O/c16-14-8-12(4-3-11(14)9-17)19-6-1-2-13(10-19)20-7-5-18-15(20)21/h3-4,8,13H,1-2,5-7,10H2,(H,18,21)/t13-/m1/s1. The van der Waals surface area contributed by atoms with Crippen molar-refractivity contribution in [1.29, 1.82) is 5.26 Å². The number of halogens is 1. The van der Waals surface area contributed by atoms with E-state index >= 15 is 0 Å². The van der Waals surface area contributed by atoms with Gasteiger partial charge in [-0.1, -0.05) is 11.6 Å². The average Bonchev–Trinajstić information content (AvgIpc) is 2.93. The van der Waals surface area contributed by atoms with E-state index in [4.69, 9.17) is 16.9 Å². The third kappa shape index (κ3) is 2.77. The van der Waals surface area contributed by atoms with Crippen LogP contribution in [0.2, 0.25) is 5.02 Å². The van der Waals surface area contributed by atoms with Crippen LogP contribution in [0.1, 0.15) is 18.4 Å². The van der Waals surface area contributed by atoms with Crippen LogP contribution in [0.15, 0.2) is 18.2 Å². The maximum absolute atomic E-state index is 11.8. The van der Waals surface area contributed by atoms with Gasteiger partial charge in [-0.15, -0.1) is 0 Å². The Kier molecular flexibility index (Phi) is 3.89. The van der Waals surface area contributed by atoms with Crippen molar-refractivity contribution in [1.82, 2.24) is 10.2 Å². The van der Waals surface area contributed by atoms with E-state index in [1.165, 1.54) is 0 Å². The summed E-state index contributed by atoms with van der Waals surface area (Å²) in [6, 6.07) is 7.88. The number of benzene rings is 1. The lowest BCUT2D eigenvalue weighted by Crippen LogP contribution is -2.49. The highest BCUT2D eigenvalue weighted by Crippen LogP contribution is 2.27. The van der Waals surface area contributed by atoms with Crippen molar-refractivity contribution >= 4 is 23.3 Å². The highest BCUT2D eigenvalue weighted by Gasteiger charge is 2.31. The van der Waals surface area contributed by atoms with Crippen molar-refractivity contribution < 1.29 is 4.79 Å². The number of nitriles is 1. The van der Waals surface area contributed by atoms with Gasteiger partial charge < -0.3 is 15.1 Å². The topological polar surface area (TPSA) is 59.4 Å². The summed E-state index contributed by atoms with van der Waals surface area (Å²) in [5, 5.41) is 12.3. The van der Waals surface area contributed by atoms with Gasteiger partial charge in [-0.3, -0.25) is 0 Å². The van der Waals surface area contributed by atoms with Crippen LogP contribution in [-0.4, -0.2) is 43.2 Å². The summed E-state index contributed by atoms with van der Waals surface area (Å²) in [5.41, 5.74) is 1.51. The minimum Gasteiger partial charge on any atom is -0.369 e. The summed E-state index contributed by atoms with van der Waals surface area (Å²) in [5.74, 6) is 0. The number of nitrogens with zero attached hydrogens (tertiary/aromatic N) is 3. The Labute approximate surface area is 129 Å². The lowest BCUT2D eigenvalue weighted by molar-refractivity contribution is 0.189. The molecule has 2 saturated heterocycles. The molecule has 5 nitrogen and oxygen atoms in total. The SMILES string of the molecule is N#Cc1ccc(N2CCC[C@@H](N3CCNC3=O)C2)cc1Cl. The number of nitrogens with one attached hydrogen (secondary N) is 1. The van der Waals surface area contributed by atoms with Crippen molar-refractivity contribution in [3.8, 4) is 6.07 Å². The predicted octanol–water partition coefficient (Wildman–Crippen LogP) is 2.21. The van der Waals surface area contributed by atoms with Crippen LogP contribution in [0.3, 0.4) is 0 Å². The monoisotopic (exact) mass is 304 g/mol. The molecule has 21 heavy (non-hydrogen) atoms. The van der Waals surface area contributed by atoms with Crippen LogP contribution in [-0.2, 0) is 0 Å². The summed E-state index contributed by atoms with van der Waals surface area (Å²) in [6.45, 7) is 3.29. The molecule has 0 radical (unpaired) electrons. The number of hydrogen-bond donors (Lipinski definition) is 1. The number of carbonyl (C=O) groups excluding carboxylic acids is 1.